The molecule has 0 spiro atoms. The van der Waals surface area contributed by atoms with E-state index in [1.165, 1.54) is 32.1 Å². The van der Waals surface area contributed by atoms with Gasteiger partial charge in [-0.15, -0.1) is 0 Å². The number of unbranched alkanes of at least 4 members (excludes halogenated alkanes) is 2. The Balaban J connectivity index is 3.46. The van der Waals surface area contributed by atoms with Crippen molar-refractivity contribution >= 4 is 11.8 Å². The van der Waals surface area contributed by atoms with Gasteiger partial charge in [-0.05, 0) is 19.1 Å². The van der Waals surface area contributed by atoms with Crippen molar-refractivity contribution in [2.45, 2.75) is 51.2 Å². The van der Waals surface area contributed by atoms with Gasteiger partial charge >= 0.3 is 0 Å². The molecule has 0 amide bonds. The zero-order chi connectivity index (χ0) is 9.23. The van der Waals surface area contributed by atoms with Crippen LogP contribution in [0, 0.1) is 0 Å². The van der Waals surface area contributed by atoms with Gasteiger partial charge in [0.05, 0.1) is 0 Å². The van der Waals surface area contributed by atoms with Gasteiger partial charge in [0.2, 0.25) is 0 Å². The average molecular weight is 186 g/mol. The third kappa shape index (κ3) is 6.78. The van der Waals surface area contributed by atoms with Gasteiger partial charge in [-0.2, -0.15) is 11.8 Å². The molecular formula is C11H22S. The molecule has 0 N–H and O–H groups in total. The fraction of sp³-hybridized carbons (Fsp3) is 0.818. The summed E-state index contributed by atoms with van der Waals surface area (Å²) in [5.74, 6) is 0. The summed E-state index contributed by atoms with van der Waals surface area (Å²) in [7, 11) is 0. The molecular weight excluding hydrogens is 164 g/mol. The fourth-order valence-corrected chi connectivity index (χ4v) is 1.89. The van der Waals surface area contributed by atoms with E-state index in [0.29, 0.717) is 0 Å². The van der Waals surface area contributed by atoms with E-state index < -0.39 is 0 Å². The van der Waals surface area contributed by atoms with Gasteiger partial charge in [0.1, 0.15) is 0 Å². The summed E-state index contributed by atoms with van der Waals surface area (Å²) in [6.45, 7) is 4.50. The highest BCUT2D eigenvalue weighted by Crippen LogP contribution is 2.14. The average Bonchev–Trinajstić information content (AvgIpc) is 2.10. The molecule has 0 aromatic rings. The maximum absolute atomic E-state index is 2.38. The van der Waals surface area contributed by atoms with E-state index in [0.717, 1.165) is 5.25 Å². The minimum atomic E-state index is 0.756. The Bertz CT molecular complexity index is 108. The minimum absolute atomic E-state index is 0.756. The van der Waals surface area contributed by atoms with Crippen LogP contribution in [0.5, 0.6) is 0 Å². The predicted octanol–water partition coefficient (Wildman–Crippen LogP) is 4.26. The van der Waals surface area contributed by atoms with Crippen LogP contribution in [0.15, 0.2) is 12.2 Å². The monoisotopic (exact) mass is 186 g/mol. The summed E-state index contributed by atoms with van der Waals surface area (Å²) >= 11 is 1.97. The second-order valence-electron chi connectivity index (χ2n) is 3.13. The molecule has 0 aliphatic heterocycles. The number of hydrogen-bond acceptors (Lipinski definition) is 1. The lowest BCUT2D eigenvalue weighted by Crippen LogP contribution is -1.95. The van der Waals surface area contributed by atoms with Crippen LogP contribution in [0.1, 0.15) is 46.0 Å². The molecule has 1 unspecified atom stereocenters. The van der Waals surface area contributed by atoms with Crippen molar-refractivity contribution in [3.8, 4) is 0 Å². The zero-order valence-electron chi connectivity index (χ0n) is 8.68. The SMILES string of the molecule is CCCC/C=C/C(CCC)SC. The first-order chi connectivity index (χ1) is 5.85. The molecule has 0 radical (unpaired) electrons. The normalized spacial score (nSPS) is 13.9. The van der Waals surface area contributed by atoms with E-state index in [9.17, 15) is 0 Å². The third-order valence-electron chi connectivity index (χ3n) is 1.95. The van der Waals surface area contributed by atoms with Crippen LogP contribution in [0.25, 0.3) is 0 Å². The molecule has 0 aliphatic carbocycles. The van der Waals surface area contributed by atoms with Gasteiger partial charge in [0, 0.05) is 5.25 Å². The van der Waals surface area contributed by atoms with E-state index in [1.54, 1.807) is 0 Å². The summed E-state index contributed by atoms with van der Waals surface area (Å²) in [6, 6.07) is 0. The molecule has 0 aromatic heterocycles. The van der Waals surface area contributed by atoms with Gasteiger partial charge < -0.3 is 0 Å². The van der Waals surface area contributed by atoms with Crippen molar-refractivity contribution < 1.29 is 0 Å². The Kier molecular flexibility index (Phi) is 9.25. The Morgan fingerprint density at radius 3 is 2.50 bits per heavy atom. The fourth-order valence-electron chi connectivity index (χ4n) is 1.15. The standard InChI is InChI=1S/C11H22S/c1-4-6-7-8-10-11(12-3)9-5-2/h8,10-11H,4-7,9H2,1-3H3/b10-8+. The smallest absolute Gasteiger partial charge is 0.0224 e. The molecule has 0 aromatic carbocycles. The molecule has 72 valence electrons. The first-order valence-electron chi connectivity index (χ1n) is 5.04. The molecule has 0 rings (SSSR count). The van der Waals surface area contributed by atoms with Crippen LogP contribution in [0.2, 0.25) is 0 Å². The lowest BCUT2D eigenvalue weighted by molar-refractivity contribution is 0.799. The Hall–Kier alpha value is 0.0900. The Morgan fingerprint density at radius 1 is 1.25 bits per heavy atom. The molecule has 0 saturated carbocycles. The largest absolute Gasteiger partial charge is 0.158 e. The summed E-state index contributed by atoms with van der Waals surface area (Å²) in [6.07, 6.45) is 13.4. The van der Waals surface area contributed by atoms with Crippen molar-refractivity contribution in [1.29, 1.82) is 0 Å². The second kappa shape index (κ2) is 9.18. The molecule has 0 nitrogen and oxygen atoms in total. The topological polar surface area (TPSA) is 0 Å². The number of allylic oxidation sites excluding steroid dienone is 1. The van der Waals surface area contributed by atoms with Gasteiger partial charge in [-0.1, -0.05) is 45.3 Å². The van der Waals surface area contributed by atoms with Gasteiger partial charge in [-0.3, -0.25) is 0 Å². The van der Waals surface area contributed by atoms with Crippen LogP contribution in [0.3, 0.4) is 0 Å². The van der Waals surface area contributed by atoms with E-state index in [2.05, 4.69) is 32.3 Å². The van der Waals surface area contributed by atoms with Crippen LogP contribution in [-0.2, 0) is 0 Å². The predicted molar refractivity (Wildman–Crippen MR) is 60.9 cm³/mol. The molecule has 0 aliphatic rings. The van der Waals surface area contributed by atoms with Gasteiger partial charge in [0.25, 0.3) is 0 Å². The summed E-state index contributed by atoms with van der Waals surface area (Å²) in [5, 5.41) is 0.756. The molecule has 0 saturated heterocycles. The minimum Gasteiger partial charge on any atom is -0.158 e. The zero-order valence-corrected chi connectivity index (χ0v) is 9.49. The molecule has 1 heteroatoms. The molecule has 0 fully saturated rings. The summed E-state index contributed by atoms with van der Waals surface area (Å²) in [4.78, 5) is 0. The van der Waals surface area contributed by atoms with Crippen molar-refractivity contribution in [2.24, 2.45) is 0 Å². The highest BCUT2D eigenvalue weighted by molar-refractivity contribution is 7.99. The Morgan fingerprint density at radius 2 is 2.00 bits per heavy atom. The highest BCUT2D eigenvalue weighted by atomic mass is 32.2. The van der Waals surface area contributed by atoms with Crippen LogP contribution < -0.4 is 0 Å². The van der Waals surface area contributed by atoms with Gasteiger partial charge in [0.15, 0.2) is 0 Å². The second-order valence-corrected chi connectivity index (χ2v) is 4.21. The number of thioether (sulfide) groups is 1. The van der Waals surface area contributed by atoms with Crippen molar-refractivity contribution in [1.82, 2.24) is 0 Å². The van der Waals surface area contributed by atoms with E-state index in [1.807, 2.05) is 11.8 Å². The van der Waals surface area contributed by atoms with Crippen molar-refractivity contribution in [3.05, 3.63) is 12.2 Å². The molecule has 1 atom stereocenters. The third-order valence-corrected chi connectivity index (χ3v) is 2.95. The summed E-state index contributed by atoms with van der Waals surface area (Å²) < 4.78 is 0. The first-order valence-corrected chi connectivity index (χ1v) is 6.33. The lowest BCUT2D eigenvalue weighted by atomic mass is 10.2. The van der Waals surface area contributed by atoms with Crippen LogP contribution in [-0.4, -0.2) is 11.5 Å². The highest BCUT2D eigenvalue weighted by Gasteiger charge is 1.98. The molecule has 0 bridgehead atoms. The van der Waals surface area contributed by atoms with Gasteiger partial charge in [-0.25, -0.2) is 0 Å². The maximum Gasteiger partial charge on any atom is 0.0224 e. The van der Waals surface area contributed by atoms with E-state index in [4.69, 9.17) is 0 Å². The number of rotatable bonds is 7. The van der Waals surface area contributed by atoms with Crippen molar-refractivity contribution in [3.63, 3.8) is 0 Å². The van der Waals surface area contributed by atoms with Crippen molar-refractivity contribution in [2.75, 3.05) is 6.26 Å². The number of hydrogen-bond donors (Lipinski definition) is 0. The van der Waals surface area contributed by atoms with E-state index in [-0.39, 0.29) is 0 Å². The molecule has 12 heavy (non-hydrogen) atoms. The van der Waals surface area contributed by atoms with Crippen LogP contribution in [0.4, 0.5) is 0 Å². The Labute approximate surface area is 81.8 Å². The lowest BCUT2D eigenvalue weighted by Gasteiger charge is -2.06. The maximum atomic E-state index is 2.38. The first kappa shape index (κ1) is 12.1. The quantitative estimate of drug-likeness (QED) is 0.423. The van der Waals surface area contributed by atoms with Crippen LogP contribution >= 0.6 is 11.8 Å². The van der Waals surface area contributed by atoms with E-state index >= 15 is 0 Å². The summed E-state index contributed by atoms with van der Waals surface area (Å²) in [5.41, 5.74) is 0. The molecule has 0 heterocycles.